The van der Waals surface area contributed by atoms with E-state index in [4.69, 9.17) is 0 Å². The molecule has 1 aliphatic rings. The van der Waals surface area contributed by atoms with Gasteiger partial charge in [0.1, 0.15) is 6.04 Å². The molecule has 24 heavy (non-hydrogen) atoms. The molecule has 0 aromatic heterocycles. The van der Waals surface area contributed by atoms with E-state index in [1.54, 1.807) is 0 Å². The summed E-state index contributed by atoms with van der Waals surface area (Å²) < 4.78 is 0. The number of likely N-dealkylation sites (N-methyl/N-ethyl adjacent to an activating group) is 1. The fourth-order valence-electron chi connectivity index (χ4n) is 3.41. The highest BCUT2D eigenvalue weighted by atomic mass is 16.3. The third-order valence-corrected chi connectivity index (χ3v) is 4.62. The summed E-state index contributed by atoms with van der Waals surface area (Å²) in [5.74, 6) is -0.0415. The Balaban J connectivity index is 1.98. The van der Waals surface area contributed by atoms with Gasteiger partial charge in [0.25, 0.3) is 0 Å². The number of carbonyl (C=O) groups excluding carboxylic acids is 1. The molecular weight excluding hydrogens is 300 g/mol. The Labute approximate surface area is 143 Å². The molecule has 2 N–H and O–H groups in total. The fourth-order valence-corrected chi connectivity index (χ4v) is 3.41. The van der Waals surface area contributed by atoms with Crippen LogP contribution in [-0.2, 0) is 4.79 Å². The molecule has 1 fully saturated rings. The zero-order valence-corrected chi connectivity index (χ0v) is 13.9. The summed E-state index contributed by atoms with van der Waals surface area (Å²) in [4.78, 5) is 14.9. The van der Waals surface area contributed by atoms with E-state index in [1.165, 1.54) is 0 Å². The van der Waals surface area contributed by atoms with Crippen LogP contribution < -0.4 is 5.32 Å². The van der Waals surface area contributed by atoms with Crippen molar-refractivity contribution >= 4 is 5.91 Å². The molecule has 2 atom stereocenters. The molecule has 4 nitrogen and oxygen atoms in total. The van der Waals surface area contributed by atoms with Gasteiger partial charge in [0.2, 0.25) is 5.91 Å². The Morgan fingerprint density at radius 3 is 2.08 bits per heavy atom. The Morgan fingerprint density at radius 1 is 1.12 bits per heavy atom. The topological polar surface area (TPSA) is 52.6 Å². The quantitative estimate of drug-likeness (QED) is 0.888. The molecule has 0 saturated carbocycles. The van der Waals surface area contributed by atoms with Crippen molar-refractivity contribution in [2.24, 2.45) is 0 Å². The maximum Gasteiger partial charge on any atom is 0.243 e. The largest absolute Gasteiger partial charge is 0.391 e. The van der Waals surface area contributed by atoms with E-state index in [-0.39, 0.29) is 11.9 Å². The van der Waals surface area contributed by atoms with Crippen LogP contribution in [0.4, 0.5) is 0 Å². The molecule has 1 unspecified atom stereocenters. The molecule has 0 aliphatic carbocycles. The Bertz CT molecular complexity index is 620. The van der Waals surface area contributed by atoms with Crippen LogP contribution in [0.15, 0.2) is 60.7 Å². The molecule has 1 heterocycles. The summed E-state index contributed by atoms with van der Waals surface area (Å²) in [6.45, 7) is 3.24. The highest BCUT2D eigenvalue weighted by Gasteiger charge is 2.36. The fraction of sp³-hybridized carbons (Fsp3) is 0.350. The second kappa shape index (κ2) is 7.60. The maximum absolute atomic E-state index is 13.1. The normalized spacial score (nSPS) is 20.3. The number of amides is 1. The molecule has 0 spiro atoms. The van der Waals surface area contributed by atoms with Crippen LogP contribution >= 0.6 is 0 Å². The number of aliphatic hydroxyl groups excluding tert-OH is 1. The molecule has 1 saturated heterocycles. The zero-order chi connectivity index (χ0) is 16.9. The first-order chi connectivity index (χ1) is 11.7. The highest BCUT2D eigenvalue weighted by molar-refractivity contribution is 5.83. The average Bonchev–Trinajstić information content (AvgIpc) is 3.06. The van der Waals surface area contributed by atoms with Crippen LogP contribution in [0.2, 0.25) is 0 Å². The Morgan fingerprint density at radius 2 is 1.67 bits per heavy atom. The van der Waals surface area contributed by atoms with Gasteiger partial charge in [-0.25, -0.2) is 0 Å². The van der Waals surface area contributed by atoms with Crippen LogP contribution in [0, 0.1) is 0 Å². The zero-order valence-electron chi connectivity index (χ0n) is 13.9. The summed E-state index contributed by atoms with van der Waals surface area (Å²) in [7, 11) is 0. The average molecular weight is 324 g/mol. The van der Waals surface area contributed by atoms with Gasteiger partial charge in [0.05, 0.1) is 12.1 Å². The lowest BCUT2D eigenvalue weighted by Crippen LogP contribution is -2.49. The molecule has 0 bridgehead atoms. The number of benzene rings is 2. The van der Waals surface area contributed by atoms with Gasteiger partial charge in [-0.3, -0.25) is 4.79 Å². The third-order valence-electron chi connectivity index (χ3n) is 4.62. The molecule has 1 aliphatic heterocycles. The van der Waals surface area contributed by atoms with Crippen LogP contribution in [0.25, 0.3) is 0 Å². The van der Waals surface area contributed by atoms with Crippen molar-refractivity contribution < 1.29 is 9.90 Å². The smallest absolute Gasteiger partial charge is 0.243 e. The van der Waals surface area contributed by atoms with E-state index in [0.29, 0.717) is 19.5 Å². The van der Waals surface area contributed by atoms with Gasteiger partial charge in [-0.05, 0) is 31.0 Å². The van der Waals surface area contributed by atoms with E-state index < -0.39 is 12.1 Å². The minimum atomic E-state index is -0.612. The lowest BCUT2D eigenvalue weighted by Gasteiger charge is -2.34. The second-order valence-corrected chi connectivity index (χ2v) is 6.14. The number of hydrogen-bond donors (Lipinski definition) is 2. The van der Waals surface area contributed by atoms with E-state index in [2.05, 4.69) is 5.32 Å². The van der Waals surface area contributed by atoms with Crippen LogP contribution in [0.3, 0.4) is 0 Å². The SMILES string of the molecule is CCN(C(=O)[C@H]1NCCC1O)C(c1ccccc1)c1ccccc1. The lowest BCUT2D eigenvalue weighted by atomic mass is 9.96. The summed E-state index contributed by atoms with van der Waals surface area (Å²) >= 11 is 0. The molecular formula is C20H24N2O2. The van der Waals surface area contributed by atoms with Gasteiger partial charge in [0.15, 0.2) is 0 Å². The van der Waals surface area contributed by atoms with Gasteiger partial charge in [-0.1, -0.05) is 60.7 Å². The number of nitrogens with one attached hydrogen (secondary N) is 1. The van der Waals surface area contributed by atoms with Crippen molar-refractivity contribution in [2.75, 3.05) is 13.1 Å². The number of nitrogens with zero attached hydrogens (tertiary/aromatic N) is 1. The van der Waals surface area contributed by atoms with Gasteiger partial charge in [-0.15, -0.1) is 0 Å². The summed E-state index contributed by atoms with van der Waals surface area (Å²) in [5.41, 5.74) is 2.15. The second-order valence-electron chi connectivity index (χ2n) is 6.14. The van der Waals surface area contributed by atoms with E-state index in [1.807, 2.05) is 72.5 Å². The first kappa shape index (κ1) is 16.7. The molecule has 126 valence electrons. The van der Waals surface area contributed by atoms with Crippen molar-refractivity contribution in [3.05, 3.63) is 71.8 Å². The monoisotopic (exact) mass is 324 g/mol. The third kappa shape index (κ3) is 3.35. The van der Waals surface area contributed by atoms with Gasteiger partial charge >= 0.3 is 0 Å². The molecule has 4 heteroatoms. The molecule has 1 amide bonds. The summed E-state index contributed by atoms with van der Waals surface area (Å²) in [5, 5.41) is 13.3. The van der Waals surface area contributed by atoms with Gasteiger partial charge in [0, 0.05) is 6.54 Å². The molecule has 0 radical (unpaired) electrons. The lowest BCUT2D eigenvalue weighted by molar-refractivity contribution is -0.136. The van der Waals surface area contributed by atoms with E-state index >= 15 is 0 Å². The van der Waals surface area contributed by atoms with Crippen LogP contribution in [-0.4, -0.2) is 41.1 Å². The Hall–Kier alpha value is -2.17. The maximum atomic E-state index is 13.1. The van der Waals surface area contributed by atoms with Crippen LogP contribution in [0.5, 0.6) is 0 Å². The molecule has 2 aromatic rings. The Kier molecular flexibility index (Phi) is 5.28. The standard InChI is InChI=1S/C20H24N2O2/c1-2-22(20(24)18-17(23)13-14-21-18)19(15-9-5-3-6-10-15)16-11-7-4-8-12-16/h3-12,17-19,21,23H,2,13-14H2,1H3/t17?,18-/m0/s1. The summed E-state index contributed by atoms with van der Waals surface area (Å²) in [6.07, 6.45) is 0.00807. The van der Waals surface area contributed by atoms with Crippen molar-refractivity contribution in [3.8, 4) is 0 Å². The number of aliphatic hydroxyl groups is 1. The summed E-state index contributed by atoms with van der Waals surface area (Å²) in [6, 6.07) is 19.4. The number of hydrogen-bond acceptors (Lipinski definition) is 3. The molecule has 3 rings (SSSR count). The number of rotatable bonds is 5. The van der Waals surface area contributed by atoms with Crippen molar-refractivity contribution in [3.63, 3.8) is 0 Å². The van der Waals surface area contributed by atoms with Crippen molar-refractivity contribution in [1.82, 2.24) is 10.2 Å². The van der Waals surface area contributed by atoms with E-state index in [9.17, 15) is 9.90 Å². The predicted octanol–water partition coefficient (Wildman–Crippen LogP) is 2.35. The molecule has 2 aromatic carbocycles. The highest BCUT2D eigenvalue weighted by Crippen LogP contribution is 2.29. The van der Waals surface area contributed by atoms with Crippen molar-refractivity contribution in [1.29, 1.82) is 0 Å². The van der Waals surface area contributed by atoms with Crippen LogP contribution in [0.1, 0.15) is 30.5 Å². The predicted molar refractivity (Wildman–Crippen MR) is 94.5 cm³/mol. The number of carbonyl (C=O) groups is 1. The van der Waals surface area contributed by atoms with Crippen molar-refractivity contribution in [2.45, 2.75) is 31.5 Å². The van der Waals surface area contributed by atoms with E-state index in [0.717, 1.165) is 11.1 Å². The minimum Gasteiger partial charge on any atom is -0.391 e. The minimum absolute atomic E-state index is 0.0415. The first-order valence-corrected chi connectivity index (χ1v) is 8.54. The van der Waals surface area contributed by atoms with Gasteiger partial charge < -0.3 is 15.3 Å². The first-order valence-electron chi connectivity index (χ1n) is 8.54. The van der Waals surface area contributed by atoms with Gasteiger partial charge in [-0.2, -0.15) is 0 Å².